The first-order valence-corrected chi connectivity index (χ1v) is 6.35. The summed E-state index contributed by atoms with van der Waals surface area (Å²) in [7, 11) is 1.66. The van der Waals surface area contributed by atoms with E-state index in [2.05, 4.69) is 11.8 Å². The summed E-state index contributed by atoms with van der Waals surface area (Å²) in [5.41, 5.74) is 1.68. The molecule has 1 rings (SSSR count). The minimum Gasteiger partial charge on any atom is -0.395 e. The zero-order valence-electron chi connectivity index (χ0n) is 11.4. The van der Waals surface area contributed by atoms with Gasteiger partial charge < -0.3 is 10.0 Å². The molecule has 20 heavy (non-hydrogen) atoms. The minimum atomic E-state index is -4.13. The summed E-state index contributed by atoms with van der Waals surface area (Å²) >= 11 is 0. The van der Waals surface area contributed by atoms with Crippen molar-refractivity contribution in [1.82, 2.24) is 4.90 Å². The molecule has 0 unspecified atom stereocenters. The van der Waals surface area contributed by atoms with Gasteiger partial charge >= 0.3 is 6.18 Å². The van der Waals surface area contributed by atoms with E-state index in [9.17, 15) is 13.2 Å². The van der Waals surface area contributed by atoms with Crippen molar-refractivity contribution < 1.29 is 18.3 Å². The average molecular weight is 285 g/mol. The second-order valence-electron chi connectivity index (χ2n) is 4.54. The molecule has 0 heterocycles. The Bertz CT molecular complexity index is 474. The van der Waals surface area contributed by atoms with Crippen LogP contribution in [0.5, 0.6) is 0 Å². The van der Waals surface area contributed by atoms with Gasteiger partial charge in [0.1, 0.15) is 0 Å². The molecule has 1 aromatic rings. The van der Waals surface area contributed by atoms with Crippen LogP contribution < -0.4 is 0 Å². The lowest BCUT2D eigenvalue weighted by atomic mass is 10.1. The molecule has 110 valence electrons. The fraction of sp³-hybridized carbons (Fsp3) is 0.467. The van der Waals surface area contributed by atoms with Crippen molar-refractivity contribution in [3.8, 4) is 11.8 Å². The van der Waals surface area contributed by atoms with Gasteiger partial charge in [0.15, 0.2) is 0 Å². The number of hydrogen-bond acceptors (Lipinski definition) is 2. The van der Waals surface area contributed by atoms with Crippen molar-refractivity contribution in [1.29, 1.82) is 0 Å². The fourth-order valence-electron chi connectivity index (χ4n) is 1.68. The lowest BCUT2D eigenvalue weighted by molar-refractivity contribution is -0.137. The van der Waals surface area contributed by atoms with Crippen molar-refractivity contribution in [2.24, 2.45) is 0 Å². The van der Waals surface area contributed by atoms with Crippen LogP contribution in [0.25, 0.3) is 0 Å². The number of hydrogen-bond donors (Lipinski definition) is 1. The van der Waals surface area contributed by atoms with E-state index in [-0.39, 0.29) is 13.2 Å². The van der Waals surface area contributed by atoms with Crippen LogP contribution in [0.1, 0.15) is 24.0 Å². The number of halogens is 3. The van der Waals surface area contributed by atoms with Crippen LogP contribution in [0.3, 0.4) is 0 Å². The molecule has 0 amide bonds. The van der Waals surface area contributed by atoms with Gasteiger partial charge in [0, 0.05) is 25.1 Å². The normalized spacial score (nSPS) is 11.3. The van der Waals surface area contributed by atoms with Gasteiger partial charge in [0.25, 0.3) is 0 Å². The molecular weight excluding hydrogens is 267 g/mol. The Balaban J connectivity index is 2.65. The molecule has 0 spiro atoms. The maximum absolute atomic E-state index is 12.2. The summed E-state index contributed by atoms with van der Waals surface area (Å²) in [4.78, 5) is 1.63. The third-order valence-electron chi connectivity index (χ3n) is 2.69. The third-order valence-corrected chi connectivity index (χ3v) is 2.69. The number of alkyl halides is 3. The molecule has 1 N–H and O–H groups in total. The summed E-state index contributed by atoms with van der Waals surface area (Å²) in [6, 6.07) is 7.36. The van der Waals surface area contributed by atoms with Crippen LogP contribution in [0.4, 0.5) is 13.2 Å². The van der Waals surface area contributed by atoms with Gasteiger partial charge in [0.05, 0.1) is 13.0 Å². The van der Waals surface area contributed by atoms with Crippen LogP contribution in [0.2, 0.25) is 0 Å². The van der Waals surface area contributed by atoms with Crippen LogP contribution in [-0.4, -0.2) is 36.4 Å². The fourth-order valence-corrected chi connectivity index (χ4v) is 1.68. The van der Waals surface area contributed by atoms with Crippen LogP contribution >= 0.6 is 0 Å². The molecule has 1 aromatic carbocycles. The van der Waals surface area contributed by atoms with E-state index < -0.39 is 12.6 Å². The summed E-state index contributed by atoms with van der Waals surface area (Å²) in [5, 5.41) is 8.69. The smallest absolute Gasteiger partial charge is 0.390 e. The quantitative estimate of drug-likeness (QED) is 0.841. The van der Waals surface area contributed by atoms with Crippen molar-refractivity contribution in [3.63, 3.8) is 0 Å². The molecule has 0 aliphatic heterocycles. The maximum Gasteiger partial charge on any atom is 0.390 e. The first-order chi connectivity index (χ1) is 9.42. The molecule has 0 bridgehead atoms. The van der Waals surface area contributed by atoms with Crippen LogP contribution in [-0.2, 0) is 6.54 Å². The molecule has 0 saturated heterocycles. The Morgan fingerprint density at radius 2 is 1.95 bits per heavy atom. The Labute approximate surface area is 117 Å². The van der Waals surface area contributed by atoms with Crippen molar-refractivity contribution in [2.45, 2.75) is 25.6 Å². The van der Waals surface area contributed by atoms with Gasteiger partial charge in [-0.05, 0) is 18.7 Å². The molecule has 0 saturated carbocycles. The molecule has 0 fully saturated rings. The highest BCUT2D eigenvalue weighted by molar-refractivity contribution is 5.41. The lowest BCUT2D eigenvalue weighted by Crippen LogP contribution is -2.24. The lowest BCUT2D eigenvalue weighted by Gasteiger charge is -2.18. The first kappa shape index (κ1) is 16.5. The highest BCUT2D eigenvalue weighted by Crippen LogP contribution is 2.20. The van der Waals surface area contributed by atoms with Gasteiger partial charge in [-0.3, -0.25) is 0 Å². The number of aliphatic hydroxyl groups excluding tert-OH is 1. The van der Waals surface area contributed by atoms with Crippen molar-refractivity contribution in [2.75, 3.05) is 20.2 Å². The molecule has 0 aromatic heterocycles. The number of nitrogens with zero attached hydrogens (tertiary/aromatic N) is 1. The van der Waals surface area contributed by atoms with Gasteiger partial charge in [-0.15, -0.1) is 0 Å². The molecule has 0 atom stereocenters. The summed E-state index contributed by atoms with van der Waals surface area (Å²) in [6.45, 7) is 0.378. The largest absolute Gasteiger partial charge is 0.395 e. The van der Waals surface area contributed by atoms with Gasteiger partial charge in [-0.2, -0.15) is 13.2 Å². The SMILES string of the molecule is CN(CCC(F)(F)F)Cc1ccccc1C#CCCO. The second kappa shape index (κ2) is 7.93. The Kier molecular flexibility index (Phi) is 6.56. The monoisotopic (exact) mass is 285 g/mol. The van der Waals surface area contributed by atoms with E-state index in [1.807, 2.05) is 24.3 Å². The highest BCUT2D eigenvalue weighted by Gasteiger charge is 2.27. The van der Waals surface area contributed by atoms with Gasteiger partial charge in [-0.1, -0.05) is 30.0 Å². The van der Waals surface area contributed by atoms with E-state index in [4.69, 9.17) is 5.11 Å². The van der Waals surface area contributed by atoms with E-state index in [1.54, 1.807) is 11.9 Å². The topological polar surface area (TPSA) is 23.5 Å². The summed E-state index contributed by atoms with van der Waals surface area (Å²) in [6.07, 6.45) is -4.56. The average Bonchev–Trinajstić information content (AvgIpc) is 2.38. The number of aliphatic hydroxyl groups is 1. The van der Waals surface area contributed by atoms with E-state index in [0.717, 1.165) is 11.1 Å². The van der Waals surface area contributed by atoms with E-state index in [1.165, 1.54) is 0 Å². The zero-order chi connectivity index (χ0) is 15.0. The molecule has 2 nitrogen and oxygen atoms in total. The number of rotatable bonds is 5. The Morgan fingerprint density at radius 1 is 1.25 bits per heavy atom. The predicted octanol–water partition coefficient (Wildman–Crippen LogP) is 2.80. The molecular formula is C15H18F3NO. The van der Waals surface area contributed by atoms with Gasteiger partial charge in [-0.25, -0.2) is 0 Å². The highest BCUT2D eigenvalue weighted by atomic mass is 19.4. The molecule has 5 heteroatoms. The van der Waals surface area contributed by atoms with Crippen LogP contribution in [0, 0.1) is 11.8 Å². The van der Waals surface area contributed by atoms with Crippen molar-refractivity contribution in [3.05, 3.63) is 35.4 Å². The standard InChI is InChI=1S/C15H18F3NO/c1-19(10-9-15(16,17)18)12-14-8-3-2-6-13(14)7-4-5-11-20/h2-3,6,8,20H,5,9-12H2,1H3. The molecule has 0 radical (unpaired) electrons. The van der Waals surface area contributed by atoms with E-state index in [0.29, 0.717) is 13.0 Å². The first-order valence-electron chi connectivity index (χ1n) is 6.35. The van der Waals surface area contributed by atoms with Crippen molar-refractivity contribution >= 4 is 0 Å². The number of benzene rings is 1. The Hall–Kier alpha value is -1.51. The zero-order valence-corrected chi connectivity index (χ0v) is 11.4. The minimum absolute atomic E-state index is 0.000647. The van der Waals surface area contributed by atoms with Crippen LogP contribution in [0.15, 0.2) is 24.3 Å². The third kappa shape index (κ3) is 6.60. The molecule has 0 aliphatic carbocycles. The second-order valence-corrected chi connectivity index (χ2v) is 4.54. The van der Waals surface area contributed by atoms with Gasteiger partial charge in [0.2, 0.25) is 0 Å². The Morgan fingerprint density at radius 3 is 2.60 bits per heavy atom. The summed E-state index contributed by atoms with van der Waals surface area (Å²) < 4.78 is 36.5. The molecule has 0 aliphatic rings. The maximum atomic E-state index is 12.2. The summed E-state index contributed by atoms with van der Waals surface area (Å²) in [5.74, 6) is 5.76. The van der Waals surface area contributed by atoms with E-state index >= 15 is 0 Å². The predicted molar refractivity (Wildman–Crippen MR) is 72.0 cm³/mol.